The number of anilines is 3. The van der Waals surface area contributed by atoms with Crippen LogP contribution in [0, 0.1) is 0 Å². The third-order valence-corrected chi connectivity index (χ3v) is 3.33. The summed E-state index contributed by atoms with van der Waals surface area (Å²) in [5, 5.41) is 5.58. The molecule has 0 aliphatic carbocycles. The molecule has 9 heteroatoms. The van der Waals surface area contributed by atoms with Crippen LogP contribution in [0.4, 0.5) is 17.3 Å². The highest BCUT2D eigenvalue weighted by Gasteiger charge is 2.17. The highest BCUT2D eigenvalue weighted by Crippen LogP contribution is 2.16. The van der Waals surface area contributed by atoms with E-state index in [1.165, 1.54) is 0 Å². The van der Waals surface area contributed by atoms with Gasteiger partial charge in [0.25, 0.3) is 0 Å². The Hall–Kier alpha value is -3.00. The van der Waals surface area contributed by atoms with Gasteiger partial charge >= 0.3 is 11.9 Å². The van der Waals surface area contributed by atoms with Gasteiger partial charge in [0.1, 0.15) is 11.4 Å². The van der Waals surface area contributed by atoms with Crippen LogP contribution in [0.3, 0.4) is 0 Å². The number of nitrogens with one attached hydrogen (secondary N) is 3. The van der Waals surface area contributed by atoms with Gasteiger partial charge in [-0.1, -0.05) is 12.1 Å². The molecule has 2 rings (SSSR count). The van der Waals surface area contributed by atoms with Crippen molar-refractivity contribution in [3.05, 3.63) is 42.0 Å². The summed E-state index contributed by atoms with van der Waals surface area (Å²) in [7, 11) is 1.62. The number of hydrogen-bond donors (Lipinski definition) is 3. The monoisotopic (exact) mass is 380 g/mol. The van der Waals surface area contributed by atoms with E-state index in [-0.39, 0.29) is 24.8 Å². The van der Waals surface area contributed by atoms with Crippen molar-refractivity contribution in [3.63, 3.8) is 0 Å². The van der Waals surface area contributed by atoms with E-state index in [0.29, 0.717) is 18.1 Å². The van der Waals surface area contributed by atoms with Crippen LogP contribution in [0.1, 0.15) is 12.5 Å². The van der Waals surface area contributed by atoms with E-state index >= 15 is 0 Å². The van der Waals surface area contributed by atoms with Gasteiger partial charge in [0.2, 0.25) is 11.6 Å². The van der Waals surface area contributed by atoms with Crippen LogP contribution in [0.2, 0.25) is 0 Å². The summed E-state index contributed by atoms with van der Waals surface area (Å²) in [6.45, 7) is 2.33. The summed E-state index contributed by atoms with van der Waals surface area (Å²) in [5.41, 5.74) is 7.23. The fourth-order valence-corrected chi connectivity index (χ4v) is 2.03. The molecule has 0 aliphatic rings. The third kappa shape index (κ3) is 5.82. The zero-order valence-electron chi connectivity index (χ0n) is 14.5. The molecule has 0 radical (unpaired) electrons. The minimum absolute atomic E-state index is 0. The van der Waals surface area contributed by atoms with Gasteiger partial charge in [0, 0.05) is 6.07 Å². The van der Waals surface area contributed by atoms with E-state index in [2.05, 4.69) is 20.4 Å². The standard InChI is InChI=1S/C17H20N4O4.ClH/c1-3-25-17(23)16(22)20-13-8-9-14(21-15(13)18)19-10-11-4-6-12(24-2)7-5-11;/h4-9H,3,10H2,1-2H3,(H,20,22)(H3,18,19,21);1H. The van der Waals surface area contributed by atoms with Gasteiger partial charge in [-0.3, -0.25) is 4.79 Å². The van der Waals surface area contributed by atoms with Crippen molar-refractivity contribution in [1.82, 2.24) is 0 Å². The maximum atomic E-state index is 11.6. The first-order valence-electron chi connectivity index (χ1n) is 7.70. The molecule has 140 valence electrons. The van der Waals surface area contributed by atoms with Crippen molar-refractivity contribution in [2.45, 2.75) is 13.5 Å². The highest BCUT2D eigenvalue weighted by atomic mass is 35.5. The Labute approximate surface area is 157 Å². The molecule has 0 spiro atoms. The van der Waals surface area contributed by atoms with Crippen LogP contribution in [0.5, 0.6) is 5.75 Å². The van der Waals surface area contributed by atoms with Crippen LogP contribution >= 0.6 is 0 Å². The number of hydrogen-bond acceptors (Lipinski definition) is 6. The zero-order chi connectivity index (χ0) is 18.2. The van der Waals surface area contributed by atoms with Crippen molar-refractivity contribution in [3.8, 4) is 5.75 Å². The normalized spacial score (nSPS) is 9.62. The average molecular weight is 381 g/mol. The predicted octanol–water partition coefficient (Wildman–Crippen LogP) is -1.79. The SMILES string of the molecule is CCOC(=O)C(=O)Nc1ccc(NCc2ccc(OC)cc2)[nH+]c1N.[Cl-]. The molecule has 0 atom stereocenters. The number of carbonyl (C=O) groups is 2. The van der Waals surface area contributed by atoms with E-state index in [0.717, 1.165) is 11.3 Å². The predicted molar refractivity (Wildman–Crippen MR) is 93.0 cm³/mol. The number of H-pyrrole nitrogens is 1. The Morgan fingerprint density at radius 2 is 1.85 bits per heavy atom. The second-order valence-corrected chi connectivity index (χ2v) is 5.08. The Balaban J connectivity index is 0.00000338. The molecule has 1 aromatic heterocycles. The quantitative estimate of drug-likeness (QED) is 0.402. The molecule has 1 amide bonds. The molecule has 2 aromatic rings. The maximum Gasteiger partial charge on any atom is 0.397 e. The van der Waals surface area contributed by atoms with E-state index < -0.39 is 11.9 Å². The van der Waals surface area contributed by atoms with Crippen molar-refractivity contribution < 1.29 is 36.5 Å². The van der Waals surface area contributed by atoms with E-state index in [4.69, 9.17) is 10.5 Å². The lowest BCUT2D eigenvalue weighted by atomic mass is 10.2. The first-order chi connectivity index (χ1) is 12.0. The fraction of sp³-hybridized carbons (Fsp3) is 0.235. The molecule has 0 saturated heterocycles. The summed E-state index contributed by atoms with van der Waals surface area (Å²) >= 11 is 0. The molecule has 5 N–H and O–H groups in total. The molecular weight excluding hydrogens is 360 g/mol. The number of benzene rings is 1. The van der Waals surface area contributed by atoms with Gasteiger partial charge in [-0.2, -0.15) is 0 Å². The second-order valence-electron chi connectivity index (χ2n) is 5.08. The molecule has 0 saturated carbocycles. The number of rotatable bonds is 6. The third-order valence-electron chi connectivity index (χ3n) is 3.33. The molecule has 26 heavy (non-hydrogen) atoms. The molecule has 0 aliphatic heterocycles. The van der Waals surface area contributed by atoms with Crippen LogP contribution in [0.15, 0.2) is 36.4 Å². The molecular formula is C17H21ClN4O4. The number of esters is 1. The largest absolute Gasteiger partial charge is 1.00 e. The molecule has 0 unspecified atom stereocenters. The first-order valence-corrected chi connectivity index (χ1v) is 7.70. The number of pyridine rings is 1. The van der Waals surface area contributed by atoms with Crippen LogP contribution in [0.25, 0.3) is 0 Å². The lowest BCUT2D eigenvalue weighted by Gasteiger charge is -2.07. The number of ether oxygens (including phenoxy) is 2. The zero-order valence-corrected chi connectivity index (χ0v) is 15.2. The Bertz CT molecular complexity index is 753. The minimum atomic E-state index is -0.955. The number of nitrogen functional groups attached to an aromatic ring is 1. The molecule has 1 heterocycles. The van der Waals surface area contributed by atoms with Gasteiger partial charge < -0.3 is 38.2 Å². The van der Waals surface area contributed by atoms with Crippen molar-refractivity contribution >= 4 is 29.2 Å². The molecule has 1 aromatic carbocycles. The van der Waals surface area contributed by atoms with E-state index in [1.54, 1.807) is 26.2 Å². The van der Waals surface area contributed by atoms with E-state index in [9.17, 15) is 9.59 Å². The number of aromatic nitrogens is 1. The number of carbonyl (C=O) groups excluding carboxylic acids is 2. The summed E-state index contributed by atoms with van der Waals surface area (Å²) in [6, 6.07) is 11.0. The van der Waals surface area contributed by atoms with Crippen molar-refractivity contribution in [1.29, 1.82) is 0 Å². The average Bonchev–Trinajstić information content (AvgIpc) is 2.62. The number of aromatic amines is 1. The van der Waals surface area contributed by atoms with Crippen molar-refractivity contribution in [2.24, 2.45) is 0 Å². The lowest BCUT2D eigenvalue weighted by molar-refractivity contribution is -0.342. The number of methoxy groups -OCH3 is 1. The maximum absolute atomic E-state index is 11.6. The van der Waals surface area contributed by atoms with Gasteiger partial charge in [-0.25, -0.2) is 9.78 Å². The van der Waals surface area contributed by atoms with Gasteiger partial charge in [-0.05, 0) is 30.7 Å². The topological polar surface area (TPSA) is 117 Å². The lowest BCUT2D eigenvalue weighted by Crippen LogP contribution is -3.00. The fourth-order valence-electron chi connectivity index (χ4n) is 2.03. The Kier molecular flexibility index (Phi) is 8.17. The molecule has 8 nitrogen and oxygen atoms in total. The van der Waals surface area contributed by atoms with Crippen LogP contribution in [-0.4, -0.2) is 25.6 Å². The summed E-state index contributed by atoms with van der Waals surface area (Å²) in [5.74, 6) is -0.148. The Morgan fingerprint density at radius 1 is 1.15 bits per heavy atom. The van der Waals surface area contributed by atoms with Gasteiger partial charge in [-0.15, -0.1) is 0 Å². The summed E-state index contributed by atoms with van der Waals surface area (Å²) < 4.78 is 9.73. The molecule has 0 fully saturated rings. The smallest absolute Gasteiger partial charge is 0.397 e. The summed E-state index contributed by atoms with van der Waals surface area (Å²) in [6.07, 6.45) is 0. The van der Waals surface area contributed by atoms with Gasteiger partial charge in [0.05, 0.1) is 20.3 Å². The number of nitrogens with two attached hydrogens (primary N) is 1. The van der Waals surface area contributed by atoms with E-state index in [1.807, 2.05) is 24.3 Å². The molecule has 0 bridgehead atoms. The van der Waals surface area contributed by atoms with Crippen LogP contribution in [-0.2, 0) is 20.9 Å². The summed E-state index contributed by atoms with van der Waals surface area (Å²) in [4.78, 5) is 25.9. The number of halogens is 1. The van der Waals surface area contributed by atoms with Gasteiger partial charge in [0.15, 0.2) is 0 Å². The minimum Gasteiger partial charge on any atom is -1.00 e. The second kappa shape index (κ2) is 10.1. The highest BCUT2D eigenvalue weighted by molar-refractivity contribution is 6.37. The van der Waals surface area contributed by atoms with Crippen molar-refractivity contribution in [2.75, 3.05) is 30.1 Å². The van der Waals surface area contributed by atoms with Crippen LogP contribution < -0.4 is 38.5 Å². The number of amides is 1. The Morgan fingerprint density at radius 3 is 2.42 bits per heavy atom. The first kappa shape index (κ1) is 21.0.